The lowest BCUT2D eigenvalue weighted by Gasteiger charge is -2.30. The van der Waals surface area contributed by atoms with Crippen LogP contribution in [0.2, 0.25) is 5.02 Å². The molecule has 0 radical (unpaired) electrons. The van der Waals surface area contributed by atoms with Crippen molar-refractivity contribution in [1.29, 1.82) is 0 Å². The van der Waals surface area contributed by atoms with E-state index in [9.17, 15) is 9.18 Å². The van der Waals surface area contributed by atoms with Crippen LogP contribution >= 0.6 is 11.6 Å². The highest BCUT2D eigenvalue weighted by molar-refractivity contribution is 6.31. The van der Waals surface area contributed by atoms with E-state index >= 15 is 0 Å². The Labute approximate surface area is 123 Å². The van der Waals surface area contributed by atoms with Gasteiger partial charge in [-0.25, -0.2) is 4.39 Å². The zero-order chi connectivity index (χ0) is 14.7. The van der Waals surface area contributed by atoms with E-state index in [1.165, 1.54) is 13.2 Å². The van der Waals surface area contributed by atoms with E-state index in [2.05, 4.69) is 4.90 Å². The highest BCUT2D eigenvalue weighted by Gasteiger charge is 2.25. The third-order valence-electron chi connectivity index (χ3n) is 3.84. The molecule has 0 aliphatic carbocycles. The van der Waals surface area contributed by atoms with Crippen molar-refractivity contribution in [2.75, 3.05) is 20.2 Å². The predicted molar refractivity (Wildman–Crippen MR) is 76.2 cm³/mol. The van der Waals surface area contributed by atoms with Gasteiger partial charge in [-0.1, -0.05) is 11.6 Å². The van der Waals surface area contributed by atoms with Gasteiger partial charge in [0.25, 0.3) is 0 Å². The van der Waals surface area contributed by atoms with Crippen LogP contribution in [0.4, 0.5) is 4.39 Å². The fourth-order valence-corrected chi connectivity index (χ4v) is 2.82. The van der Waals surface area contributed by atoms with Gasteiger partial charge in [0, 0.05) is 11.6 Å². The van der Waals surface area contributed by atoms with Gasteiger partial charge in [0.1, 0.15) is 5.82 Å². The first-order chi connectivity index (χ1) is 9.51. The summed E-state index contributed by atoms with van der Waals surface area (Å²) in [5, 5.41) is 0.596. The molecule has 1 saturated heterocycles. The number of halogens is 2. The van der Waals surface area contributed by atoms with Crippen LogP contribution in [-0.2, 0) is 16.1 Å². The molecule has 0 saturated carbocycles. The second-order valence-electron chi connectivity index (χ2n) is 5.27. The molecule has 0 atom stereocenters. The highest BCUT2D eigenvalue weighted by atomic mass is 35.5. The van der Waals surface area contributed by atoms with Gasteiger partial charge in [-0.2, -0.15) is 0 Å². The number of hydrogen-bond donors (Lipinski definition) is 0. The smallest absolute Gasteiger partial charge is 0.308 e. The number of methoxy groups -OCH3 is 1. The molecule has 1 aliphatic heterocycles. The van der Waals surface area contributed by atoms with E-state index in [0.29, 0.717) is 17.1 Å². The fraction of sp³-hybridized carbons (Fsp3) is 0.533. The number of benzene rings is 1. The maximum atomic E-state index is 13.6. The van der Waals surface area contributed by atoms with E-state index < -0.39 is 0 Å². The summed E-state index contributed by atoms with van der Waals surface area (Å²) in [6, 6.07) is 3.16. The summed E-state index contributed by atoms with van der Waals surface area (Å²) in [6.45, 7) is 3.91. The minimum atomic E-state index is -0.228. The molecule has 1 heterocycles. The molecule has 1 aromatic rings. The number of aryl methyl sites for hydroxylation is 1. The van der Waals surface area contributed by atoms with Crippen LogP contribution in [0.3, 0.4) is 0 Å². The number of rotatable bonds is 3. The lowest BCUT2D eigenvalue weighted by molar-refractivity contribution is -0.147. The van der Waals surface area contributed by atoms with Gasteiger partial charge < -0.3 is 4.74 Å². The lowest BCUT2D eigenvalue weighted by atomic mass is 9.96. The molecule has 2 rings (SSSR count). The van der Waals surface area contributed by atoms with Gasteiger partial charge in [0.2, 0.25) is 0 Å². The molecule has 0 N–H and O–H groups in total. The Hall–Kier alpha value is -1.13. The standard InChI is InChI=1S/C15H19ClFNO2/c1-10-7-13(16)12(8-14(10)17)9-18-5-3-11(4-6-18)15(19)20-2/h7-8,11H,3-6,9H2,1-2H3. The number of carbonyl (C=O) groups excluding carboxylic acids is 1. The van der Waals surface area contributed by atoms with Gasteiger partial charge in [-0.15, -0.1) is 0 Å². The topological polar surface area (TPSA) is 29.5 Å². The molecule has 0 bridgehead atoms. The molecule has 3 nitrogen and oxygen atoms in total. The van der Waals surface area contributed by atoms with E-state index in [1.807, 2.05) is 0 Å². The van der Waals surface area contributed by atoms with Crippen LogP contribution in [0.5, 0.6) is 0 Å². The quantitative estimate of drug-likeness (QED) is 0.803. The van der Waals surface area contributed by atoms with E-state index in [4.69, 9.17) is 16.3 Å². The van der Waals surface area contributed by atoms with Crippen molar-refractivity contribution in [2.24, 2.45) is 5.92 Å². The van der Waals surface area contributed by atoms with Crippen LogP contribution in [0.15, 0.2) is 12.1 Å². The average Bonchev–Trinajstić information content (AvgIpc) is 2.44. The summed E-state index contributed by atoms with van der Waals surface area (Å²) in [5.74, 6) is -0.376. The molecule has 0 unspecified atom stereocenters. The molecule has 0 aromatic heterocycles. The molecule has 20 heavy (non-hydrogen) atoms. The first-order valence-electron chi connectivity index (χ1n) is 6.76. The zero-order valence-electron chi connectivity index (χ0n) is 11.8. The molecular weight excluding hydrogens is 281 g/mol. The van der Waals surface area contributed by atoms with Crippen LogP contribution in [0.1, 0.15) is 24.0 Å². The minimum absolute atomic E-state index is 0.0125. The number of nitrogens with zero attached hydrogens (tertiary/aromatic N) is 1. The predicted octanol–water partition coefficient (Wildman–Crippen LogP) is 3.17. The highest BCUT2D eigenvalue weighted by Crippen LogP contribution is 2.25. The molecular formula is C15H19ClFNO2. The summed E-state index contributed by atoms with van der Waals surface area (Å²) in [7, 11) is 1.42. The van der Waals surface area contributed by atoms with Gasteiger partial charge in [-0.3, -0.25) is 9.69 Å². The van der Waals surface area contributed by atoms with Crippen molar-refractivity contribution in [2.45, 2.75) is 26.3 Å². The monoisotopic (exact) mass is 299 g/mol. The van der Waals surface area contributed by atoms with E-state index in [-0.39, 0.29) is 17.7 Å². The van der Waals surface area contributed by atoms with E-state index in [1.54, 1.807) is 13.0 Å². The van der Waals surface area contributed by atoms with Crippen LogP contribution < -0.4 is 0 Å². The Morgan fingerprint density at radius 2 is 2.10 bits per heavy atom. The summed E-state index contributed by atoms with van der Waals surface area (Å²) < 4.78 is 18.4. The number of likely N-dealkylation sites (tertiary alicyclic amines) is 1. The van der Waals surface area contributed by atoms with Gasteiger partial charge >= 0.3 is 5.97 Å². The van der Waals surface area contributed by atoms with Crippen molar-refractivity contribution in [1.82, 2.24) is 4.90 Å². The normalized spacial score (nSPS) is 17.2. The first kappa shape index (κ1) is 15.3. The largest absolute Gasteiger partial charge is 0.469 e. The second-order valence-corrected chi connectivity index (χ2v) is 5.67. The third kappa shape index (κ3) is 3.49. The van der Waals surface area contributed by atoms with Crippen molar-refractivity contribution in [3.8, 4) is 0 Å². The van der Waals surface area contributed by atoms with Crippen LogP contribution in [-0.4, -0.2) is 31.1 Å². The SMILES string of the molecule is COC(=O)C1CCN(Cc2cc(F)c(C)cc2Cl)CC1. The van der Waals surface area contributed by atoms with E-state index in [0.717, 1.165) is 31.5 Å². The zero-order valence-corrected chi connectivity index (χ0v) is 12.5. The average molecular weight is 300 g/mol. The van der Waals surface area contributed by atoms with Crippen LogP contribution in [0.25, 0.3) is 0 Å². The fourth-order valence-electron chi connectivity index (χ4n) is 2.54. The Morgan fingerprint density at radius 1 is 1.45 bits per heavy atom. The molecule has 1 aliphatic rings. The Bertz CT molecular complexity index is 499. The lowest BCUT2D eigenvalue weighted by Crippen LogP contribution is -2.36. The number of hydrogen-bond acceptors (Lipinski definition) is 3. The number of esters is 1. The van der Waals surface area contributed by atoms with Crippen molar-refractivity contribution < 1.29 is 13.9 Å². The first-order valence-corrected chi connectivity index (χ1v) is 7.13. The summed E-state index contributed by atoms with van der Waals surface area (Å²) in [5.41, 5.74) is 1.36. The van der Waals surface area contributed by atoms with Gasteiger partial charge in [0.05, 0.1) is 13.0 Å². The van der Waals surface area contributed by atoms with Crippen molar-refractivity contribution in [3.63, 3.8) is 0 Å². The molecule has 0 spiro atoms. The second kappa shape index (κ2) is 6.55. The maximum absolute atomic E-state index is 13.6. The molecule has 1 aromatic carbocycles. The Kier molecular flexibility index (Phi) is 5.00. The van der Waals surface area contributed by atoms with Crippen molar-refractivity contribution >= 4 is 17.6 Å². The molecule has 110 valence electrons. The number of piperidine rings is 1. The van der Waals surface area contributed by atoms with Crippen molar-refractivity contribution in [3.05, 3.63) is 34.1 Å². The summed E-state index contributed by atoms with van der Waals surface area (Å²) in [6.07, 6.45) is 1.55. The molecule has 0 amide bonds. The third-order valence-corrected chi connectivity index (χ3v) is 4.20. The summed E-state index contributed by atoms with van der Waals surface area (Å²) >= 11 is 6.15. The molecule has 1 fully saturated rings. The summed E-state index contributed by atoms with van der Waals surface area (Å²) in [4.78, 5) is 13.6. The molecule has 5 heteroatoms. The number of ether oxygens (including phenoxy) is 1. The number of carbonyl (C=O) groups is 1. The maximum Gasteiger partial charge on any atom is 0.308 e. The minimum Gasteiger partial charge on any atom is -0.469 e. The van der Waals surface area contributed by atoms with Gasteiger partial charge in [0.15, 0.2) is 0 Å². The Balaban J connectivity index is 1.96. The van der Waals surface area contributed by atoms with Crippen LogP contribution in [0, 0.1) is 18.7 Å². The Morgan fingerprint density at radius 3 is 2.70 bits per heavy atom. The van der Waals surface area contributed by atoms with Gasteiger partial charge in [-0.05, 0) is 56.1 Å².